The number of anilines is 1. The predicted octanol–water partition coefficient (Wildman–Crippen LogP) is 2.74. The van der Waals surface area contributed by atoms with Gasteiger partial charge in [0, 0.05) is 12.2 Å². The lowest BCUT2D eigenvalue weighted by Gasteiger charge is -2.22. The summed E-state index contributed by atoms with van der Waals surface area (Å²) in [4.78, 5) is 25.3. The smallest absolute Gasteiger partial charge is 0.315 e. The zero-order valence-corrected chi connectivity index (χ0v) is 18.1. The number of aryl methyl sites for hydroxylation is 2. The van der Waals surface area contributed by atoms with Gasteiger partial charge in [-0.15, -0.1) is 5.10 Å². The summed E-state index contributed by atoms with van der Waals surface area (Å²) in [5.41, 5.74) is 3.31. The molecule has 9 heteroatoms. The van der Waals surface area contributed by atoms with Crippen LogP contribution in [0.3, 0.4) is 0 Å². The van der Waals surface area contributed by atoms with Crippen LogP contribution in [0.4, 0.5) is 10.5 Å². The van der Waals surface area contributed by atoms with Crippen LogP contribution in [0.15, 0.2) is 48.5 Å². The standard InChI is InChI=1S/C22H27N7O2/c1-14(2)20(25-22(31)23-13-17-8-6-5-7-9-17)21(30)24-18-11-10-15(3)19(12-18)29-16(4)26-27-28-29/h5-12,14,20H,13H2,1-4H3,(H,24,30)(H2,23,25,31). The summed E-state index contributed by atoms with van der Waals surface area (Å²) >= 11 is 0. The van der Waals surface area contributed by atoms with Crippen molar-refractivity contribution in [1.29, 1.82) is 0 Å². The monoisotopic (exact) mass is 421 g/mol. The molecule has 0 fully saturated rings. The van der Waals surface area contributed by atoms with Crippen LogP contribution in [0.5, 0.6) is 0 Å². The van der Waals surface area contributed by atoms with E-state index in [-0.39, 0.29) is 11.8 Å². The van der Waals surface area contributed by atoms with Crippen molar-refractivity contribution in [3.05, 3.63) is 65.5 Å². The van der Waals surface area contributed by atoms with Crippen molar-refractivity contribution in [3.8, 4) is 5.69 Å². The number of aromatic nitrogens is 4. The van der Waals surface area contributed by atoms with E-state index in [2.05, 4.69) is 31.5 Å². The minimum absolute atomic E-state index is 0.103. The summed E-state index contributed by atoms with van der Waals surface area (Å²) < 4.78 is 1.61. The Balaban J connectivity index is 1.67. The Labute approximate surface area is 181 Å². The van der Waals surface area contributed by atoms with Crippen molar-refractivity contribution in [2.75, 3.05) is 5.32 Å². The number of tetrazole rings is 1. The molecule has 3 aromatic rings. The van der Waals surface area contributed by atoms with Gasteiger partial charge in [-0.05, 0) is 53.5 Å². The molecule has 0 spiro atoms. The van der Waals surface area contributed by atoms with Crippen molar-refractivity contribution < 1.29 is 9.59 Å². The molecule has 3 amide bonds. The minimum atomic E-state index is -0.699. The molecule has 3 N–H and O–H groups in total. The van der Waals surface area contributed by atoms with Crippen LogP contribution in [-0.4, -0.2) is 38.2 Å². The number of carbonyl (C=O) groups excluding carboxylic acids is 2. The van der Waals surface area contributed by atoms with Crippen LogP contribution in [0.25, 0.3) is 5.69 Å². The molecule has 0 aliphatic heterocycles. The van der Waals surface area contributed by atoms with E-state index in [1.54, 1.807) is 11.6 Å². The highest BCUT2D eigenvalue weighted by molar-refractivity contribution is 5.97. The summed E-state index contributed by atoms with van der Waals surface area (Å²) in [6.07, 6.45) is 0. The highest BCUT2D eigenvalue weighted by Crippen LogP contribution is 2.20. The first-order chi connectivity index (χ1) is 14.8. The normalized spacial score (nSPS) is 11.8. The lowest BCUT2D eigenvalue weighted by Crippen LogP contribution is -2.50. The molecule has 3 rings (SSSR count). The van der Waals surface area contributed by atoms with Gasteiger partial charge in [0.1, 0.15) is 6.04 Å². The number of benzene rings is 2. The van der Waals surface area contributed by atoms with Gasteiger partial charge in [0.25, 0.3) is 0 Å². The van der Waals surface area contributed by atoms with Crippen molar-refractivity contribution in [3.63, 3.8) is 0 Å². The maximum atomic E-state index is 12.9. The maximum Gasteiger partial charge on any atom is 0.315 e. The Morgan fingerprint density at radius 2 is 1.81 bits per heavy atom. The fourth-order valence-corrected chi connectivity index (χ4v) is 3.10. The summed E-state index contributed by atoms with van der Waals surface area (Å²) in [5.74, 6) is 0.241. The van der Waals surface area contributed by atoms with Crippen LogP contribution in [0, 0.1) is 19.8 Å². The van der Waals surface area contributed by atoms with Gasteiger partial charge in [-0.2, -0.15) is 4.68 Å². The highest BCUT2D eigenvalue weighted by atomic mass is 16.2. The Morgan fingerprint density at radius 3 is 2.45 bits per heavy atom. The zero-order chi connectivity index (χ0) is 22.4. The van der Waals surface area contributed by atoms with E-state index in [0.717, 1.165) is 16.8 Å². The van der Waals surface area contributed by atoms with Crippen molar-refractivity contribution >= 4 is 17.6 Å². The van der Waals surface area contributed by atoms with Crippen LogP contribution < -0.4 is 16.0 Å². The van der Waals surface area contributed by atoms with E-state index in [4.69, 9.17) is 0 Å². The summed E-state index contributed by atoms with van der Waals surface area (Å²) in [7, 11) is 0. The van der Waals surface area contributed by atoms with E-state index in [1.807, 2.05) is 69.3 Å². The van der Waals surface area contributed by atoms with Gasteiger partial charge in [-0.3, -0.25) is 4.79 Å². The number of hydrogen-bond acceptors (Lipinski definition) is 5. The minimum Gasteiger partial charge on any atom is -0.334 e. The maximum absolute atomic E-state index is 12.9. The van der Waals surface area contributed by atoms with E-state index in [0.29, 0.717) is 18.1 Å². The second-order valence-electron chi connectivity index (χ2n) is 7.66. The van der Waals surface area contributed by atoms with Gasteiger partial charge in [-0.1, -0.05) is 50.2 Å². The van der Waals surface area contributed by atoms with Crippen molar-refractivity contribution in [1.82, 2.24) is 30.8 Å². The van der Waals surface area contributed by atoms with Crippen molar-refractivity contribution in [2.24, 2.45) is 5.92 Å². The first-order valence-corrected chi connectivity index (χ1v) is 10.1. The lowest BCUT2D eigenvalue weighted by molar-refractivity contribution is -0.118. The molecule has 0 saturated heterocycles. The Hall–Kier alpha value is -3.75. The number of nitrogens with zero attached hydrogens (tertiary/aromatic N) is 4. The molecular formula is C22H27N7O2. The average Bonchev–Trinajstić information content (AvgIpc) is 3.18. The number of nitrogens with one attached hydrogen (secondary N) is 3. The molecule has 9 nitrogen and oxygen atoms in total. The molecule has 1 heterocycles. The van der Waals surface area contributed by atoms with E-state index in [1.165, 1.54) is 0 Å². The van der Waals surface area contributed by atoms with Gasteiger partial charge in [0.15, 0.2) is 5.82 Å². The molecule has 31 heavy (non-hydrogen) atoms. The molecule has 1 aromatic heterocycles. The average molecular weight is 422 g/mol. The van der Waals surface area contributed by atoms with Crippen LogP contribution in [-0.2, 0) is 11.3 Å². The van der Waals surface area contributed by atoms with Gasteiger partial charge >= 0.3 is 6.03 Å². The van der Waals surface area contributed by atoms with E-state index in [9.17, 15) is 9.59 Å². The third-order valence-corrected chi connectivity index (χ3v) is 4.86. The first-order valence-electron chi connectivity index (χ1n) is 10.1. The molecule has 0 bridgehead atoms. The number of rotatable bonds is 7. The van der Waals surface area contributed by atoms with Crippen LogP contribution in [0.2, 0.25) is 0 Å². The number of carbonyl (C=O) groups is 2. The van der Waals surface area contributed by atoms with Crippen molar-refractivity contribution in [2.45, 2.75) is 40.3 Å². The first kappa shape index (κ1) is 21.9. The SMILES string of the molecule is Cc1ccc(NC(=O)C(NC(=O)NCc2ccccc2)C(C)C)cc1-n1nnnc1C. The second kappa shape index (κ2) is 9.84. The van der Waals surface area contributed by atoms with Gasteiger partial charge in [-0.25, -0.2) is 4.79 Å². The Bertz CT molecular complexity index is 1050. The Morgan fingerprint density at radius 1 is 1.06 bits per heavy atom. The summed E-state index contributed by atoms with van der Waals surface area (Å²) in [6.45, 7) is 7.89. The second-order valence-corrected chi connectivity index (χ2v) is 7.66. The fourth-order valence-electron chi connectivity index (χ4n) is 3.10. The highest BCUT2D eigenvalue weighted by Gasteiger charge is 2.24. The Kier molecular flexibility index (Phi) is 6.96. The summed E-state index contributed by atoms with van der Waals surface area (Å²) in [6, 6.07) is 14.0. The molecular weight excluding hydrogens is 394 g/mol. The molecule has 0 aliphatic carbocycles. The van der Waals surface area contributed by atoms with Gasteiger partial charge in [0.2, 0.25) is 5.91 Å². The quantitative estimate of drug-likeness (QED) is 0.543. The molecule has 1 atom stereocenters. The topological polar surface area (TPSA) is 114 Å². The molecule has 162 valence electrons. The summed E-state index contributed by atoms with van der Waals surface area (Å²) in [5, 5.41) is 20.0. The molecule has 0 radical (unpaired) electrons. The fraction of sp³-hybridized carbons (Fsp3) is 0.318. The molecule has 2 aromatic carbocycles. The number of amides is 3. The lowest BCUT2D eigenvalue weighted by atomic mass is 10.0. The molecule has 0 saturated carbocycles. The third-order valence-electron chi connectivity index (χ3n) is 4.86. The third kappa shape index (κ3) is 5.65. The van der Waals surface area contributed by atoms with Gasteiger partial charge < -0.3 is 16.0 Å². The van der Waals surface area contributed by atoms with E-state index >= 15 is 0 Å². The molecule has 1 unspecified atom stereocenters. The van der Waals surface area contributed by atoms with Crippen LogP contribution >= 0.6 is 0 Å². The predicted molar refractivity (Wildman–Crippen MR) is 118 cm³/mol. The zero-order valence-electron chi connectivity index (χ0n) is 18.1. The largest absolute Gasteiger partial charge is 0.334 e. The van der Waals surface area contributed by atoms with Gasteiger partial charge in [0.05, 0.1) is 5.69 Å². The molecule has 0 aliphatic rings. The van der Waals surface area contributed by atoms with Crippen LogP contribution in [0.1, 0.15) is 30.8 Å². The number of hydrogen-bond donors (Lipinski definition) is 3. The van der Waals surface area contributed by atoms with E-state index < -0.39 is 12.1 Å². The number of urea groups is 1.